The SMILES string of the molecule is COc1ccc(C(C)N)c(C)c1C.Cl. The third-order valence-electron chi connectivity index (χ3n) is 2.49. The van der Waals surface area contributed by atoms with Crippen molar-refractivity contribution in [3.8, 4) is 5.75 Å². The van der Waals surface area contributed by atoms with E-state index in [0.717, 1.165) is 5.75 Å². The molecule has 0 aromatic heterocycles. The fourth-order valence-electron chi connectivity index (χ4n) is 1.53. The molecule has 2 nitrogen and oxygen atoms in total. The number of benzene rings is 1. The van der Waals surface area contributed by atoms with E-state index in [1.54, 1.807) is 7.11 Å². The van der Waals surface area contributed by atoms with Gasteiger partial charge in [-0.25, -0.2) is 0 Å². The Morgan fingerprint density at radius 2 is 1.79 bits per heavy atom. The Balaban J connectivity index is 0.00000169. The molecule has 0 heterocycles. The molecule has 0 amide bonds. The maximum atomic E-state index is 5.83. The molecule has 1 atom stereocenters. The molecule has 14 heavy (non-hydrogen) atoms. The van der Waals surface area contributed by atoms with E-state index in [0.29, 0.717) is 0 Å². The Hall–Kier alpha value is -0.730. The molecule has 0 fully saturated rings. The zero-order chi connectivity index (χ0) is 10.0. The van der Waals surface area contributed by atoms with Crippen molar-refractivity contribution in [2.75, 3.05) is 7.11 Å². The average Bonchev–Trinajstić information content (AvgIpc) is 2.09. The maximum absolute atomic E-state index is 5.83. The second kappa shape index (κ2) is 5.23. The summed E-state index contributed by atoms with van der Waals surface area (Å²) in [4.78, 5) is 0. The molecular formula is C11H18ClNO. The van der Waals surface area contributed by atoms with Crippen molar-refractivity contribution in [2.45, 2.75) is 26.8 Å². The van der Waals surface area contributed by atoms with Crippen LogP contribution in [0.4, 0.5) is 0 Å². The predicted octanol–water partition coefficient (Wildman–Crippen LogP) is 2.75. The predicted molar refractivity (Wildman–Crippen MR) is 62.3 cm³/mol. The molecule has 1 aromatic rings. The lowest BCUT2D eigenvalue weighted by Gasteiger charge is -2.14. The molecule has 80 valence electrons. The van der Waals surface area contributed by atoms with Crippen molar-refractivity contribution in [2.24, 2.45) is 5.73 Å². The molecule has 0 aliphatic carbocycles. The Kier molecular flexibility index (Phi) is 4.95. The van der Waals surface area contributed by atoms with Gasteiger partial charge in [-0.3, -0.25) is 0 Å². The van der Waals surface area contributed by atoms with E-state index in [4.69, 9.17) is 10.5 Å². The smallest absolute Gasteiger partial charge is 0.122 e. The third kappa shape index (κ3) is 2.40. The van der Waals surface area contributed by atoms with Crippen LogP contribution < -0.4 is 10.5 Å². The Bertz CT molecular complexity index is 310. The molecule has 0 saturated carbocycles. The van der Waals surface area contributed by atoms with Crippen LogP contribution in [0, 0.1) is 13.8 Å². The number of ether oxygens (including phenoxy) is 1. The molecule has 0 aliphatic rings. The van der Waals surface area contributed by atoms with Crippen LogP contribution in [0.5, 0.6) is 5.75 Å². The average molecular weight is 216 g/mol. The van der Waals surface area contributed by atoms with Crippen molar-refractivity contribution >= 4 is 12.4 Å². The monoisotopic (exact) mass is 215 g/mol. The van der Waals surface area contributed by atoms with E-state index in [1.807, 2.05) is 19.1 Å². The number of hydrogen-bond acceptors (Lipinski definition) is 2. The summed E-state index contributed by atoms with van der Waals surface area (Å²) in [5.74, 6) is 0.932. The fourth-order valence-corrected chi connectivity index (χ4v) is 1.53. The highest BCUT2D eigenvalue weighted by atomic mass is 35.5. The first kappa shape index (κ1) is 13.3. The van der Waals surface area contributed by atoms with Gasteiger partial charge in [0.15, 0.2) is 0 Å². The van der Waals surface area contributed by atoms with Crippen LogP contribution in [0.25, 0.3) is 0 Å². The van der Waals surface area contributed by atoms with Crippen molar-refractivity contribution in [3.63, 3.8) is 0 Å². The molecular weight excluding hydrogens is 198 g/mol. The molecule has 1 unspecified atom stereocenters. The van der Waals surface area contributed by atoms with Crippen LogP contribution in [-0.4, -0.2) is 7.11 Å². The van der Waals surface area contributed by atoms with Crippen LogP contribution in [0.3, 0.4) is 0 Å². The lowest BCUT2D eigenvalue weighted by molar-refractivity contribution is 0.411. The van der Waals surface area contributed by atoms with Gasteiger partial charge in [0, 0.05) is 6.04 Å². The van der Waals surface area contributed by atoms with Crippen LogP contribution in [-0.2, 0) is 0 Å². The van der Waals surface area contributed by atoms with E-state index in [2.05, 4.69) is 13.8 Å². The Morgan fingerprint density at radius 3 is 2.21 bits per heavy atom. The molecule has 2 N–H and O–H groups in total. The van der Waals surface area contributed by atoms with Gasteiger partial charge in [0.1, 0.15) is 5.75 Å². The summed E-state index contributed by atoms with van der Waals surface area (Å²) in [6, 6.07) is 4.09. The van der Waals surface area contributed by atoms with Gasteiger partial charge >= 0.3 is 0 Å². The summed E-state index contributed by atoms with van der Waals surface area (Å²) in [6.45, 7) is 6.13. The van der Waals surface area contributed by atoms with Crippen LogP contribution in [0.2, 0.25) is 0 Å². The Morgan fingerprint density at radius 1 is 1.21 bits per heavy atom. The summed E-state index contributed by atoms with van der Waals surface area (Å²) in [6.07, 6.45) is 0. The van der Waals surface area contributed by atoms with Crippen molar-refractivity contribution < 1.29 is 4.74 Å². The van der Waals surface area contributed by atoms with Crippen molar-refractivity contribution in [3.05, 3.63) is 28.8 Å². The minimum Gasteiger partial charge on any atom is -0.496 e. The van der Waals surface area contributed by atoms with E-state index in [9.17, 15) is 0 Å². The summed E-state index contributed by atoms with van der Waals surface area (Å²) in [5, 5.41) is 0. The summed E-state index contributed by atoms with van der Waals surface area (Å²) in [5.41, 5.74) is 9.44. The number of halogens is 1. The molecule has 0 radical (unpaired) electrons. The van der Waals surface area contributed by atoms with Gasteiger partial charge < -0.3 is 10.5 Å². The zero-order valence-electron chi connectivity index (χ0n) is 9.13. The molecule has 0 spiro atoms. The van der Waals surface area contributed by atoms with Crippen LogP contribution >= 0.6 is 12.4 Å². The van der Waals surface area contributed by atoms with Crippen LogP contribution in [0.1, 0.15) is 29.7 Å². The number of rotatable bonds is 2. The van der Waals surface area contributed by atoms with Gasteiger partial charge in [-0.1, -0.05) is 6.07 Å². The maximum Gasteiger partial charge on any atom is 0.122 e. The first-order valence-electron chi connectivity index (χ1n) is 4.47. The van der Waals surface area contributed by atoms with E-state index in [1.165, 1.54) is 16.7 Å². The first-order valence-corrected chi connectivity index (χ1v) is 4.47. The summed E-state index contributed by atoms with van der Waals surface area (Å²) in [7, 11) is 1.69. The lowest BCUT2D eigenvalue weighted by atomic mass is 9.98. The Labute approximate surface area is 91.9 Å². The topological polar surface area (TPSA) is 35.2 Å². The molecule has 1 rings (SSSR count). The summed E-state index contributed by atoms with van der Waals surface area (Å²) >= 11 is 0. The van der Waals surface area contributed by atoms with Crippen molar-refractivity contribution in [1.29, 1.82) is 0 Å². The van der Waals surface area contributed by atoms with Crippen LogP contribution in [0.15, 0.2) is 12.1 Å². The molecule has 3 heteroatoms. The molecule has 0 aliphatic heterocycles. The van der Waals surface area contributed by atoms with E-state index >= 15 is 0 Å². The lowest BCUT2D eigenvalue weighted by Crippen LogP contribution is -2.08. The standard InChI is InChI=1S/C11H17NO.ClH/c1-7-8(2)11(13-4)6-5-10(7)9(3)12;/h5-6,9H,12H2,1-4H3;1H. The zero-order valence-corrected chi connectivity index (χ0v) is 9.94. The number of methoxy groups -OCH3 is 1. The normalized spacial score (nSPS) is 11.8. The van der Waals surface area contributed by atoms with E-state index in [-0.39, 0.29) is 18.4 Å². The molecule has 1 aromatic carbocycles. The van der Waals surface area contributed by atoms with E-state index < -0.39 is 0 Å². The minimum absolute atomic E-state index is 0. The summed E-state index contributed by atoms with van der Waals surface area (Å²) < 4.78 is 5.22. The largest absolute Gasteiger partial charge is 0.496 e. The van der Waals surface area contributed by atoms with Crippen molar-refractivity contribution in [1.82, 2.24) is 0 Å². The number of hydrogen-bond donors (Lipinski definition) is 1. The highest BCUT2D eigenvalue weighted by Crippen LogP contribution is 2.26. The van der Waals surface area contributed by atoms with Gasteiger partial charge in [-0.05, 0) is 43.5 Å². The molecule has 0 saturated heterocycles. The minimum atomic E-state index is 0. The quantitative estimate of drug-likeness (QED) is 0.824. The highest BCUT2D eigenvalue weighted by Gasteiger charge is 2.08. The van der Waals surface area contributed by atoms with Gasteiger partial charge in [0.2, 0.25) is 0 Å². The second-order valence-corrected chi connectivity index (χ2v) is 3.40. The van der Waals surface area contributed by atoms with Gasteiger partial charge in [0.25, 0.3) is 0 Å². The fraction of sp³-hybridized carbons (Fsp3) is 0.455. The third-order valence-corrected chi connectivity index (χ3v) is 2.49. The number of nitrogens with two attached hydrogens (primary N) is 1. The second-order valence-electron chi connectivity index (χ2n) is 3.40. The highest BCUT2D eigenvalue weighted by molar-refractivity contribution is 5.85. The van der Waals surface area contributed by atoms with Gasteiger partial charge in [-0.2, -0.15) is 0 Å². The van der Waals surface area contributed by atoms with Gasteiger partial charge in [-0.15, -0.1) is 12.4 Å². The first-order chi connectivity index (χ1) is 6.07. The van der Waals surface area contributed by atoms with Gasteiger partial charge in [0.05, 0.1) is 7.11 Å². The molecule has 0 bridgehead atoms.